The molecule has 1 saturated carbocycles. The first-order valence-corrected chi connectivity index (χ1v) is 14.3. The van der Waals surface area contributed by atoms with Crippen LogP contribution in [-0.2, 0) is 14.8 Å². The summed E-state index contributed by atoms with van der Waals surface area (Å²) in [4.78, 5) is 20.7. The number of aromatic nitrogens is 2. The fourth-order valence-corrected chi connectivity index (χ4v) is 6.90. The second kappa shape index (κ2) is 10.5. The van der Waals surface area contributed by atoms with E-state index in [0.29, 0.717) is 31.1 Å². The summed E-state index contributed by atoms with van der Waals surface area (Å²) in [5.41, 5.74) is 2.60. The molecule has 3 aromatic rings. The highest BCUT2D eigenvalue weighted by molar-refractivity contribution is 7.89. The molecule has 2 aliphatic rings. The summed E-state index contributed by atoms with van der Waals surface area (Å²) in [6.07, 6.45) is 9.25. The van der Waals surface area contributed by atoms with E-state index in [2.05, 4.69) is 10.3 Å². The van der Waals surface area contributed by atoms with Crippen LogP contribution in [0.1, 0.15) is 69.5 Å². The van der Waals surface area contributed by atoms with Crippen molar-refractivity contribution in [3.63, 3.8) is 0 Å². The maximum atomic E-state index is 13.2. The van der Waals surface area contributed by atoms with E-state index >= 15 is 0 Å². The highest BCUT2D eigenvalue weighted by Gasteiger charge is 2.31. The largest absolute Gasteiger partial charge is 0.342 e. The summed E-state index contributed by atoms with van der Waals surface area (Å²) in [5, 5.41) is 2.92. The van der Waals surface area contributed by atoms with Crippen LogP contribution in [0.5, 0.6) is 0 Å². The number of nitrogens with zero attached hydrogens (tertiary/aromatic N) is 2. The molecule has 2 aromatic carbocycles. The minimum Gasteiger partial charge on any atom is -0.342 e. The van der Waals surface area contributed by atoms with E-state index < -0.39 is 10.0 Å². The Balaban J connectivity index is 1.15. The van der Waals surface area contributed by atoms with E-state index in [0.717, 1.165) is 36.1 Å². The molecule has 0 unspecified atom stereocenters. The van der Waals surface area contributed by atoms with Crippen molar-refractivity contribution >= 4 is 32.7 Å². The molecule has 2 fully saturated rings. The number of carbonyl (C=O) groups excluding carboxylic acids is 1. The van der Waals surface area contributed by atoms with Crippen molar-refractivity contribution in [3.8, 4) is 0 Å². The Morgan fingerprint density at radius 1 is 0.971 bits per heavy atom. The van der Waals surface area contributed by atoms with Crippen molar-refractivity contribution in [1.29, 1.82) is 0 Å². The maximum absolute atomic E-state index is 13.2. The predicted octanol–water partition coefficient (Wildman–Crippen LogP) is 5.43. The van der Waals surface area contributed by atoms with Gasteiger partial charge in [0.1, 0.15) is 5.82 Å². The minimum absolute atomic E-state index is 0.00107. The fourth-order valence-electron chi connectivity index (χ4n) is 5.43. The van der Waals surface area contributed by atoms with Gasteiger partial charge < -0.3 is 10.3 Å². The van der Waals surface area contributed by atoms with Gasteiger partial charge in [0.2, 0.25) is 15.9 Å². The number of imidazole rings is 1. The summed E-state index contributed by atoms with van der Waals surface area (Å²) in [6.45, 7) is 0.924. The third-order valence-electron chi connectivity index (χ3n) is 7.53. The molecule has 0 bridgehead atoms. The Kier molecular flexibility index (Phi) is 7.20. The molecule has 8 heteroatoms. The third kappa shape index (κ3) is 5.59. The van der Waals surface area contributed by atoms with Crippen LogP contribution in [0.4, 0.5) is 5.69 Å². The maximum Gasteiger partial charge on any atom is 0.243 e. The first kappa shape index (κ1) is 24.0. The van der Waals surface area contributed by atoms with Crippen LogP contribution in [0.3, 0.4) is 0 Å². The monoisotopic (exact) mass is 494 g/mol. The number of aromatic amines is 1. The lowest BCUT2D eigenvalue weighted by molar-refractivity contribution is -0.116. The summed E-state index contributed by atoms with van der Waals surface area (Å²) in [5.74, 6) is 1.82. The van der Waals surface area contributed by atoms with Crippen molar-refractivity contribution in [2.45, 2.75) is 68.6 Å². The molecule has 1 saturated heterocycles. The second-order valence-electron chi connectivity index (χ2n) is 9.93. The van der Waals surface area contributed by atoms with Crippen LogP contribution in [0.25, 0.3) is 11.0 Å². The zero-order valence-electron chi connectivity index (χ0n) is 20.1. The molecular formula is C27H34N4O3S. The molecule has 1 aliphatic heterocycles. The lowest BCUT2D eigenvalue weighted by Gasteiger charge is -2.30. The number of H-pyrrole nitrogens is 1. The molecule has 2 N–H and O–H groups in total. The van der Waals surface area contributed by atoms with E-state index in [9.17, 15) is 13.2 Å². The van der Waals surface area contributed by atoms with Crippen molar-refractivity contribution in [2.24, 2.45) is 5.92 Å². The standard InChI is InChI=1S/C27H34N4O3S/c32-26(15-10-20-6-2-1-3-7-20)28-22-11-13-23(14-12-22)35(33,34)31-18-16-21(17-19-31)27-29-24-8-4-5-9-25(24)30-27/h4-5,8-9,11-14,20-21H,1-3,6-7,10,15-19H2,(H,28,32)(H,29,30). The van der Waals surface area contributed by atoms with Gasteiger partial charge in [-0.15, -0.1) is 0 Å². The Morgan fingerprint density at radius 2 is 1.69 bits per heavy atom. The summed E-state index contributed by atoms with van der Waals surface area (Å²) < 4.78 is 28.0. The van der Waals surface area contributed by atoms with E-state index in [-0.39, 0.29) is 16.7 Å². The fraction of sp³-hybridized carbons (Fsp3) is 0.481. The zero-order chi connectivity index (χ0) is 24.3. The molecule has 1 aliphatic carbocycles. The Bertz CT molecular complexity index is 1220. The van der Waals surface area contributed by atoms with Crippen LogP contribution >= 0.6 is 0 Å². The number of hydrogen-bond donors (Lipinski definition) is 2. The number of carbonyl (C=O) groups is 1. The smallest absolute Gasteiger partial charge is 0.243 e. The van der Waals surface area contributed by atoms with Crippen LogP contribution in [0.2, 0.25) is 0 Å². The quantitative estimate of drug-likeness (QED) is 0.458. The first-order chi connectivity index (χ1) is 17.0. The van der Waals surface area contributed by atoms with Gasteiger partial charge in [-0.05, 0) is 61.6 Å². The summed E-state index contributed by atoms with van der Waals surface area (Å²) in [7, 11) is -3.57. The molecule has 186 valence electrons. The normalized spacial score (nSPS) is 18.6. The van der Waals surface area contributed by atoms with Gasteiger partial charge in [-0.2, -0.15) is 4.31 Å². The number of anilines is 1. The van der Waals surface area contributed by atoms with E-state index in [1.807, 2.05) is 24.3 Å². The van der Waals surface area contributed by atoms with Crippen LogP contribution in [0.15, 0.2) is 53.4 Å². The summed E-state index contributed by atoms with van der Waals surface area (Å²) in [6, 6.07) is 14.5. The molecule has 1 aromatic heterocycles. The zero-order valence-corrected chi connectivity index (χ0v) is 20.9. The van der Waals surface area contributed by atoms with Gasteiger partial charge in [-0.3, -0.25) is 4.79 Å². The molecular weight excluding hydrogens is 460 g/mol. The number of amides is 1. The van der Waals surface area contributed by atoms with Crippen molar-refractivity contribution in [3.05, 3.63) is 54.4 Å². The summed E-state index contributed by atoms with van der Waals surface area (Å²) >= 11 is 0. The van der Waals surface area contributed by atoms with Crippen LogP contribution in [-0.4, -0.2) is 41.7 Å². The number of nitrogens with one attached hydrogen (secondary N) is 2. The lowest BCUT2D eigenvalue weighted by atomic mass is 9.86. The van der Waals surface area contributed by atoms with Gasteiger partial charge in [-0.1, -0.05) is 44.2 Å². The minimum atomic E-state index is -3.57. The number of rotatable bonds is 7. The molecule has 1 amide bonds. The molecule has 35 heavy (non-hydrogen) atoms. The number of benzene rings is 2. The molecule has 0 atom stereocenters. The van der Waals surface area contributed by atoms with Gasteiger partial charge in [0.25, 0.3) is 0 Å². The van der Waals surface area contributed by atoms with Gasteiger partial charge in [0.05, 0.1) is 15.9 Å². The van der Waals surface area contributed by atoms with E-state index in [4.69, 9.17) is 4.98 Å². The average molecular weight is 495 g/mol. The number of hydrogen-bond acceptors (Lipinski definition) is 4. The Hall–Kier alpha value is -2.71. The predicted molar refractivity (Wildman–Crippen MR) is 138 cm³/mol. The first-order valence-electron chi connectivity index (χ1n) is 12.8. The molecule has 0 spiro atoms. The number of para-hydroxylation sites is 2. The lowest BCUT2D eigenvalue weighted by Crippen LogP contribution is -2.38. The van der Waals surface area contributed by atoms with Gasteiger partial charge in [-0.25, -0.2) is 13.4 Å². The van der Waals surface area contributed by atoms with Gasteiger partial charge in [0.15, 0.2) is 0 Å². The van der Waals surface area contributed by atoms with Crippen LogP contribution in [0, 0.1) is 5.92 Å². The Labute approximate surface area is 207 Å². The number of piperidine rings is 1. The molecule has 0 radical (unpaired) electrons. The van der Waals surface area contributed by atoms with E-state index in [1.165, 1.54) is 32.1 Å². The Morgan fingerprint density at radius 3 is 2.40 bits per heavy atom. The van der Waals surface area contributed by atoms with Crippen LogP contribution < -0.4 is 5.32 Å². The van der Waals surface area contributed by atoms with E-state index in [1.54, 1.807) is 28.6 Å². The van der Waals surface area contributed by atoms with Gasteiger partial charge in [0, 0.05) is 31.1 Å². The average Bonchev–Trinajstić information content (AvgIpc) is 3.33. The highest BCUT2D eigenvalue weighted by atomic mass is 32.2. The van der Waals surface area contributed by atoms with Crippen molar-refractivity contribution in [1.82, 2.24) is 14.3 Å². The van der Waals surface area contributed by atoms with Crippen molar-refractivity contribution < 1.29 is 13.2 Å². The highest BCUT2D eigenvalue weighted by Crippen LogP contribution is 2.31. The third-order valence-corrected chi connectivity index (χ3v) is 9.44. The number of fused-ring (bicyclic) bond motifs is 1. The SMILES string of the molecule is O=C(CCC1CCCCC1)Nc1ccc(S(=O)(=O)N2CCC(c3nc4ccccc4[nH]3)CC2)cc1. The van der Waals surface area contributed by atoms with Gasteiger partial charge >= 0.3 is 0 Å². The molecule has 7 nitrogen and oxygen atoms in total. The topological polar surface area (TPSA) is 95.2 Å². The van der Waals surface area contributed by atoms with Crippen molar-refractivity contribution in [2.75, 3.05) is 18.4 Å². The second-order valence-corrected chi connectivity index (χ2v) is 11.9. The molecule has 2 heterocycles. The molecule has 5 rings (SSSR count). The number of sulfonamides is 1.